The van der Waals surface area contributed by atoms with Crippen molar-refractivity contribution in [3.8, 4) is 5.75 Å². The average molecular weight is 393 g/mol. The largest absolute Gasteiger partial charge is 0.489 e. The highest BCUT2D eigenvalue weighted by atomic mass is 16.5. The lowest BCUT2D eigenvalue weighted by atomic mass is 9.89. The summed E-state index contributed by atoms with van der Waals surface area (Å²) in [4.78, 5) is 8.15. The van der Waals surface area contributed by atoms with E-state index in [-0.39, 0.29) is 7.43 Å². The Kier molecular flexibility index (Phi) is 5.41. The fraction of sp³-hybridized carbons (Fsp3) is 0.417. The summed E-state index contributed by atoms with van der Waals surface area (Å²) in [6.45, 7) is 4.04. The van der Waals surface area contributed by atoms with Crippen molar-refractivity contribution in [1.29, 1.82) is 0 Å². The minimum atomic E-state index is 0. The Morgan fingerprint density at radius 2 is 1.76 bits per heavy atom. The number of anilines is 3. The molecular weight excluding hydrogens is 360 g/mol. The second-order valence-corrected chi connectivity index (χ2v) is 8.16. The number of fused-ring (bicyclic) bond motifs is 2. The lowest BCUT2D eigenvalue weighted by molar-refractivity contribution is 0.256. The van der Waals surface area contributed by atoms with Crippen LogP contribution in [0.2, 0.25) is 0 Å². The van der Waals surface area contributed by atoms with E-state index < -0.39 is 0 Å². The number of H-pyrrole nitrogens is 1. The molecule has 0 spiro atoms. The summed E-state index contributed by atoms with van der Waals surface area (Å²) in [5.41, 5.74) is 5.97. The highest BCUT2D eigenvalue weighted by Crippen LogP contribution is 2.36. The molecule has 0 aliphatic carbocycles. The van der Waals surface area contributed by atoms with Crippen molar-refractivity contribution >= 4 is 28.0 Å². The van der Waals surface area contributed by atoms with Crippen LogP contribution in [0.1, 0.15) is 31.7 Å². The smallest absolute Gasteiger partial charge is 0.144 e. The number of piperidine rings is 1. The molecule has 0 saturated carbocycles. The number of benzene rings is 2. The van der Waals surface area contributed by atoms with Crippen LogP contribution in [0.4, 0.5) is 17.1 Å². The maximum Gasteiger partial charge on any atom is 0.144 e. The van der Waals surface area contributed by atoms with E-state index in [1.807, 2.05) is 0 Å². The van der Waals surface area contributed by atoms with Gasteiger partial charge in [-0.2, -0.15) is 0 Å². The predicted octanol–water partition coefficient (Wildman–Crippen LogP) is 5.19. The number of nitrogens with one attached hydrogen (secondary N) is 2. The molecule has 3 aromatic rings. The highest BCUT2D eigenvalue weighted by Gasteiger charge is 2.21. The molecule has 1 saturated heterocycles. The van der Waals surface area contributed by atoms with Gasteiger partial charge in [-0.25, -0.2) is 0 Å². The number of nitrogens with zero attached hydrogens (tertiary/aromatic N) is 2. The summed E-state index contributed by atoms with van der Waals surface area (Å²) in [7, 11) is 4.32. The molecular formula is C24H32N4O. The molecule has 154 valence electrons. The fourth-order valence-corrected chi connectivity index (χ4v) is 4.49. The SMILES string of the molecule is C.CN1CCC(c2c[nH]c3cc(Nc4ccc5c(c4)OCCN5C)ccc23)CC1. The number of aromatic amines is 1. The first-order chi connectivity index (χ1) is 13.7. The maximum absolute atomic E-state index is 5.83. The van der Waals surface area contributed by atoms with E-state index in [1.54, 1.807) is 0 Å². The van der Waals surface area contributed by atoms with Crippen molar-refractivity contribution in [1.82, 2.24) is 9.88 Å². The van der Waals surface area contributed by atoms with Gasteiger partial charge in [0.1, 0.15) is 12.4 Å². The second kappa shape index (κ2) is 7.99. The summed E-state index contributed by atoms with van der Waals surface area (Å²) in [6, 6.07) is 13.0. The van der Waals surface area contributed by atoms with Gasteiger partial charge in [-0.05, 0) is 68.7 Å². The van der Waals surface area contributed by atoms with Crippen LogP contribution in [0.15, 0.2) is 42.6 Å². The third kappa shape index (κ3) is 3.79. The van der Waals surface area contributed by atoms with Crippen LogP contribution >= 0.6 is 0 Å². The van der Waals surface area contributed by atoms with Gasteiger partial charge in [0.15, 0.2) is 0 Å². The molecule has 0 radical (unpaired) electrons. The van der Waals surface area contributed by atoms with E-state index in [4.69, 9.17) is 4.74 Å². The molecule has 29 heavy (non-hydrogen) atoms. The van der Waals surface area contributed by atoms with Gasteiger partial charge in [0, 0.05) is 41.6 Å². The van der Waals surface area contributed by atoms with E-state index in [1.165, 1.54) is 42.4 Å². The molecule has 1 fully saturated rings. The first kappa shape index (κ1) is 19.6. The van der Waals surface area contributed by atoms with Gasteiger partial charge in [0.2, 0.25) is 0 Å². The van der Waals surface area contributed by atoms with E-state index in [2.05, 4.69) is 76.8 Å². The molecule has 0 amide bonds. The van der Waals surface area contributed by atoms with Gasteiger partial charge >= 0.3 is 0 Å². The van der Waals surface area contributed by atoms with Crippen molar-refractivity contribution in [3.05, 3.63) is 48.2 Å². The Hall–Kier alpha value is -2.66. The number of likely N-dealkylation sites (tertiary alicyclic amines) is 1. The first-order valence-corrected chi connectivity index (χ1v) is 10.2. The van der Waals surface area contributed by atoms with Crippen molar-refractivity contribution in [2.45, 2.75) is 26.2 Å². The molecule has 2 N–H and O–H groups in total. The number of likely N-dealkylation sites (N-methyl/N-ethyl adjacent to an activating group) is 1. The second-order valence-electron chi connectivity index (χ2n) is 8.16. The fourth-order valence-electron chi connectivity index (χ4n) is 4.49. The Morgan fingerprint density at radius 1 is 1.00 bits per heavy atom. The van der Waals surface area contributed by atoms with Gasteiger partial charge in [0.05, 0.1) is 12.2 Å². The Morgan fingerprint density at radius 3 is 2.59 bits per heavy atom. The summed E-state index contributed by atoms with van der Waals surface area (Å²) in [5, 5.41) is 4.89. The van der Waals surface area contributed by atoms with E-state index >= 15 is 0 Å². The normalized spacial score (nSPS) is 17.5. The summed E-state index contributed by atoms with van der Waals surface area (Å²) in [6.07, 6.45) is 4.70. The average Bonchev–Trinajstić information content (AvgIpc) is 3.12. The molecule has 5 rings (SSSR count). The van der Waals surface area contributed by atoms with Crippen LogP contribution in [-0.2, 0) is 0 Å². The number of ether oxygens (including phenoxy) is 1. The number of rotatable bonds is 3. The molecule has 0 bridgehead atoms. The highest BCUT2D eigenvalue weighted by molar-refractivity contribution is 5.87. The lowest BCUT2D eigenvalue weighted by Gasteiger charge is -2.28. The van der Waals surface area contributed by atoms with Crippen LogP contribution in [-0.4, -0.2) is 50.2 Å². The Bertz CT molecular complexity index is 988. The number of hydrogen-bond acceptors (Lipinski definition) is 4. The summed E-state index contributed by atoms with van der Waals surface area (Å²) >= 11 is 0. The molecule has 2 aromatic carbocycles. The summed E-state index contributed by atoms with van der Waals surface area (Å²) in [5.74, 6) is 1.61. The molecule has 5 nitrogen and oxygen atoms in total. The minimum absolute atomic E-state index is 0. The Labute approximate surface area is 173 Å². The van der Waals surface area contributed by atoms with Crippen LogP contribution in [0, 0.1) is 0 Å². The first-order valence-electron chi connectivity index (χ1n) is 10.2. The van der Waals surface area contributed by atoms with Gasteiger partial charge in [-0.1, -0.05) is 13.5 Å². The van der Waals surface area contributed by atoms with Crippen molar-refractivity contribution in [3.63, 3.8) is 0 Å². The van der Waals surface area contributed by atoms with Crippen molar-refractivity contribution in [2.24, 2.45) is 0 Å². The third-order valence-corrected chi connectivity index (χ3v) is 6.22. The third-order valence-electron chi connectivity index (χ3n) is 6.22. The molecule has 0 atom stereocenters. The topological polar surface area (TPSA) is 43.5 Å². The zero-order valence-electron chi connectivity index (χ0n) is 16.7. The standard InChI is InChI=1S/C23H28N4O.CH4/c1-26-9-7-16(8-10-26)20-15-24-21-13-17(3-5-19(20)21)25-18-4-6-22-23(14-18)28-12-11-27(22)2;/h3-6,13-16,24-25H,7-12H2,1-2H3;1H4. The zero-order chi connectivity index (χ0) is 19.1. The van der Waals surface area contributed by atoms with Crippen LogP contribution in [0.5, 0.6) is 5.75 Å². The van der Waals surface area contributed by atoms with Gasteiger partial charge in [0.25, 0.3) is 0 Å². The Balaban J connectivity index is 0.00000205. The summed E-state index contributed by atoms with van der Waals surface area (Å²) < 4.78 is 5.83. The quantitative estimate of drug-likeness (QED) is 0.644. The molecule has 3 heterocycles. The van der Waals surface area contributed by atoms with Crippen LogP contribution in [0.25, 0.3) is 10.9 Å². The number of hydrogen-bond donors (Lipinski definition) is 2. The monoisotopic (exact) mass is 392 g/mol. The van der Waals surface area contributed by atoms with Crippen LogP contribution < -0.4 is 15.0 Å². The van der Waals surface area contributed by atoms with Crippen LogP contribution in [0.3, 0.4) is 0 Å². The van der Waals surface area contributed by atoms with Gasteiger partial charge in [-0.15, -0.1) is 0 Å². The minimum Gasteiger partial charge on any atom is -0.489 e. The van der Waals surface area contributed by atoms with Gasteiger partial charge < -0.3 is 24.8 Å². The van der Waals surface area contributed by atoms with Gasteiger partial charge in [-0.3, -0.25) is 0 Å². The molecule has 5 heteroatoms. The zero-order valence-corrected chi connectivity index (χ0v) is 16.7. The molecule has 2 aliphatic rings. The molecule has 2 aliphatic heterocycles. The number of aromatic nitrogens is 1. The van der Waals surface area contributed by atoms with Crippen molar-refractivity contribution < 1.29 is 4.74 Å². The van der Waals surface area contributed by atoms with E-state index in [0.29, 0.717) is 5.92 Å². The molecule has 0 unspecified atom stereocenters. The van der Waals surface area contributed by atoms with Crippen molar-refractivity contribution in [2.75, 3.05) is 50.6 Å². The predicted molar refractivity (Wildman–Crippen MR) is 123 cm³/mol. The van der Waals surface area contributed by atoms with E-state index in [0.717, 1.165) is 36.0 Å². The maximum atomic E-state index is 5.83. The van der Waals surface area contributed by atoms with E-state index in [9.17, 15) is 0 Å². The lowest BCUT2D eigenvalue weighted by Crippen LogP contribution is -2.29. The molecule has 1 aromatic heterocycles.